The van der Waals surface area contributed by atoms with Gasteiger partial charge in [0.15, 0.2) is 6.19 Å². The molecule has 0 saturated heterocycles. The van der Waals surface area contributed by atoms with Crippen LogP contribution in [0.3, 0.4) is 0 Å². The number of hydrogen-bond donors (Lipinski definition) is 2. The third-order valence-corrected chi connectivity index (χ3v) is 6.52. The molecule has 0 aliphatic rings. The average Bonchev–Trinajstić information content (AvgIpc) is 2.89. The molecule has 0 aliphatic heterocycles. The van der Waals surface area contributed by atoms with Gasteiger partial charge in [0.05, 0.1) is 29.7 Å². The van der Waals surface area contributed by atoms with Gasteiger partial charge in [-0.2, -0.15) is 5.26 Å². The molecule has 0 heterocycles. The number of ether oxygens (including phenoxy) is 1. The summed E-state index contributed by atoms with van der Waals surface area (Å²) in [4.78, 5) is 20.1. The molecular formula is C26H25N5O4S. The first kappa shape index (κ1) is 26.3. The van der Waals surface area contributed by atoms with Crippen molar-refractivity contribution >= 4 is 34.4 Å². The van der Waals surface area contributed by atoms with Crippen molar-refractivity contribution in [3.05, 3.63) is 84.4 Å². The van der Waals surface area contributed by atoms with Crippen molar-refractivity contribution in [1.82, 2.24) is 10.0 Å². The predicted molar refractivity (Wildman–Crippen MR) is 138 cm³/mol. The van der Waals surface area contributed by atoms with Crippen LogP contribution >= 0.6 is 0 Å². The van der Waals surface area contributed by atoms with Gasteiger partial charge in [0.2, 0.25) is 16.0 Å². The molecule has 1 atom stereocenters. The highest BCUT2D eigenvalue weighted by molar-refractivity contribution is 7.89. The fraction of sp³-hybridized carbons (Fsp3) is 0.154. The molecule has 10 heteroatoms. The molecule has 9 nitrogen and oxygen atoms in total. The van der Waals surface area contributed by atoms with Crippen LogP contribution in [0.25, 0.3) is 11.1 Å². The largest absolute Gasteiger partial charge is 0.466 e. The second-order valence-electron chi connectivity index (χ2n) is 7.50. The molecule has 0 amide bonds. The number of benzene rings is 3. The van der Waals surface area contributed by atoms with Crippen LogP contribution in [0.1, 0.15) is 24.9 Å². The van der Waals surface area contributed by atoms with Crippen LogP contribution in [0.2, 0.25) is 0 Å². The first-order chi connectivity index (χ1) is 17.4. The molecule has 0 fully saturated rings. The van der Waals surface area contributed by atoms with Crippen LogP contribution in [0.15, 0.2) is 93.7 Å². The second-order valence-corrected chi connectivity index (χ2v) is 9.22. The Labute approximate surface area is 210 Å². The minimum Gasteiger partial charge on any atom is -0.466 e. The summed E-state index contributed by atoms with van der Waals surface area (Å²) in [6, 6.07) is 21.5. The molecule has 0 saturated carbocycles. The maximum Gasteiger partial charge on any atom is 0.307 e. The van der Waals surface area contributed by atoms with E-state index in [-0.39, 0.29) is 23.9 Å². The number of nitrogens with zero attached hydrogens (tertiary/aromatic N) is 3. The van der Waals surface area contributed by atoms with Crippen molar-refractivity contribution in [3.8, 4) is 17.3 Å². The Morgan fingerprint density at radius 3 is 2.42 bits per heavy atom. The van der Waals surface area contributed by atoms with E-state index in [1.807, 2.05) is 12.1 Å². The summed E-state index contributed by atoms with van der Waals surface area (Å²) >= 11 is 0. The van der Waals surface area contributed by atoms with Crippen molar-refractivity contribution < 1.29 is 17.9 Å². The van der Waals surface area contributed by atoms with Crippen molar-refractivity contribution in [2.24, 2.45) is 9.98 Å². The van der Waals surface area contributed by atoms with Crippen LogP contribution < -0.4 is 10.0 Å². The number of nitriles is 1. The Hall–Kier alpha value is -4.33. The number of aliphatic imine (C=N–C) groups is 2. The van der Waals surface area contributed by atoms with Gasteiger partial charge in [0.25, 0.3) is 0 Å². The van der Waals surface area contributed by atoms with E-state index in [1.54, 1.807) is 67.7 Å². The monoisotopic (exact) mass is 503 g/mol. The van der Waals surface area contributed by atoms with E-state index in [0.717, 1.165) is 0 Å². The summed E-state index contributed by atoms with van der Waals surface area (Å²) in [6.45, 7) is 5.27. The lowest BCUT2D eigenvalue weighted by Crippen LogP contribution is -2.30. The van der Waals surface area contributed by atoms with E-state index in [1.165, 1.54) is 12.1 Å². The average molecular weight is 504 g/mol. The number of rotatable bonds is 9. The van der Waals surface area contributed by atoms with E-state index in [0.29, 0.717) is 22.4 Å². The molecule has 3 aromatic rings. The summed E-state index contributed by atoms with van der Waals surface area (Å²) in [7, 11) is -3.99. The Kier molecular flexibility index (Phi) is 9.05. The molecule has 0 aliphatic carbocycles. The van der Waals surface area contributed by atoms with E-state index in [4.69, 9.17) is 10.00 Å². The fourth-order valence-corrected chi connectivity index (χ4v) is 4.70. The molecule has 3 rings (SSSR count). The zero-order valence-electron chi connectivity index (χ0n) is 19.6. The van der Waals surface area contributed by atoms with Crippen molar-refractivity contribution in [2.75, 3.05) is 6.61 Å². The van der Waals surface area contributed by atoms with Gasteiger partial charge in [-0.05, 0) is 54.6 Å². The Morgan fingerprint density at radius 1 is 1.06 bits per heavy atom. The minimum atomic E-state index is -3.99. The maximum atomic E-state index is 13.3. The SMILES string of the molecule is C=NC(=Nc1cccc(-c2cccc(S(=O)(=O)NC(CC(=O)OCC)c3ccccc3)c2)c1)NC#N. The molecule has 36 heavy (non-hydrogen) atoms. The van der Waals surface area contributed by atoms with Crippen molar-refractivity contribution in [1.29, 1.82) is 5.26 Å². The quantitative estimate of drug-likeness (QED) is 0.149. The third kappa shape index (κ3) is 7.09. The van der Waals surface area contributed by atoms with Gasteiger partial charge < -0.3 is 4.74 Å². The highest BCUT2D eigenvalue weighted by Crippen LogP contribution is 2.27. The predicted octanol–water partition coefficient (Wildman–Crippen LogP) is 4.09. The topological polar surface area (TPSA) is 133 Å². The number of carbonyl (C=O) groups excluding carboxylic acids is 1. The highest BCUT2D eigenvalue weighted by atomic mass is 32.2. The lowest BCUT2D eigenvalue weighted by atomic mass is 10.1. The van der Waals surface area contributed by atoms with Crippen LogP contribution in [0.5, 0.6) is 0 Å². The molecule has 0 aromatic heterocycles. The second kappa shape index (κ2) is 12.4. The smallest absolute Gasteiger partial charge is 0.307 e. The molecule has 0 radical (unpaired) electrons. The van der Waals surface area contributed by atoms with Crippen LogP contribution in [0.4, 0.5) is 5.69 Å². The normalized spacial score (nSPS) is 12.3. The number of nitrogens with one attached hydrogen (secondary N) is 2. The molecule has 1 unspecified atom stereocenters. The zero-order valence-corrected chi connectivity index (χ0v) is 20.4. The lowest BCUT2D eigenvalue weighted by Gasteiger charge is -2.19. The van der Waals surface area contributed by atoms with Crippen molar-refractivity contribution in [2.45, 2.75) is 24.3 Å². The van der Waals surface area contributed by atoms with Crippen LogP contribution in [-0.2, 0) is 19.6 Å². The number of esters is 1. The van der Waals surface area contributed by atoms with Gasteiger partial charge in [-0.25, -0.2) is 23.1 Å². The lowest BCUT2D eigenvalue weighted by molar-refractivity contribution is -0.143. The number of sulfonamides is 1. The molecule has 2 N–H and O–H groups in total. The first-order valence-electron chi connectivity index (χ1n) is 11.0. The number of guanidine groups is 1. The van der Waals surface area contributed by atoms with Gasteiger partial charge in [0, 0.05) is 0 Å². The Morgan fingerprint density at radius 2 is 1.75 bits per heavy atom. The zero-order chi connectivity index (χ0) is 26.0. The fourth-order valence-electron chi connectivity index (χ4n) is 3.43. The standard InChI is InChI=1S/C26H25N5O4S/c1-3-35-25(32)17-24(19-9-5-4-6-10-19)31-36(33,34)23-14-8-12-21(16-23)20-11-7-13-22(15-20)30-26(28-2)29-18-27/h4-16,24,31H,2-3,17H2,1H3,(H,29,30). The van der Waals surface area contributed by atoms with E-state index < -0.39 is 22.0 Å². The summed E-state index contributed by atoms with van der Waals surface area (Å²) in [5.41, 5.74) is 2.49. The summed E-state index contributed by atoms with van der Waals surface area (Å²) < 4.78 is 34.3. The van der Waals surface area contributed by atoms with Crippen molar-refractivity contribution in [3.63, 3.8) is 0 Å². The summed E-state index contributed by atoms with van der Waals surface area (Å²) in [6.07, 6.45) is 1.59. The molecule has 0 bridgehead atoms. The highest BCUT2D eigenvalue weighted by Gasteiger charge is 2.24. The number of carbonyl (C=O) groups is 1. The third-order valence-electron chi connectivity index (χ3n) is 5.05. The van der Waals surface area contributed by atoms with E-state index in [9.17, 15) is 13.2 Å². The van der Waals surface area contributed by atoms with E-state index in [2.05, 4.69) is 26.7 Å². The Balaban J connectivity index is 1.91. The van der Waals surface area contributed by atoms with Gasteiger partial charge in [0.1, 0.15) is 0 Å². The van der Waals surface area contributed by atoms with Crippen LogP contribution in [-0.4, -0.2) is 33.7 Å². The summed E-state index contributed by atoms with van der Waals surface area (Å²) in [5, 5.41) is 11.1. The first-order valence-corrected chi connectivity index (χ1v) is 12.5. The van der Waals surface area contributed by atoms with Gasteiger partial charge in [-0.15, -0.1) is 0 Å². The Bertz CT molecular complexity index is 1400. The van der Waals surface area contributed by atoms with Gasteiger partial charge >= 0.3 is 5.97 Å². The molecule has 184 valence electrons. The van der Waals surface area contributed by atoms with E-state index >= 15 is 0 Å². The minimum absolute atomic E-state index is 0.0401. The maximum absolute atomic E-state index is 13.3. The van der Waals surface area contributed by atoms with Crippen LogP contribution in [0, 0.1) is 11.5 Å². The van der Waals surface area contributed by atoms with Gasteiger partial charge in [-0.1, -0.05) is 54.6 Å². The molecule has 0 spiro atoms. The molecular weight excluding hydrogens is 478 g/mol. The summed E-state index contributed by atoms with van der Waals surface area (Å²) in [5.74, 6) is -0.455. The molecule has 3 aromatic carbocycles. The van der Waals surface area contributed by atoms with Gasteiger partial charge in [-0.3, -0.25) is 10.1 Å². The number of hydrogen-bond acceptors (Lipinski definition) is 6.